The summed E-state index contributed by atoms with van der Waals surface area (Å²) in [4.78, 5) is 11.6. The predicted octanol–water partition coefficient (Wildman–Crippen LogP) is 4.05. The molecule has 1 atom stereocenters. The molecule has 3 heteroatoms. The second kappa shape index (κ2) is 5.98. The molecule has 0 saturated heterocycles. The van der Waals surface area contributed by atoms with Gasteiger partial charge in [-0.3, -0.25) is 4.79 Å². The molecule has 0 aliphatic heterocycles. The molecule has 0 heterocycles. The molecule has 0 aromatic heterocycles. The first kappa shape index (κ1) is 14.7. The summed E-state index contributed by atoms with van der Waals surface area (Å²) in [6.07, 6.45) is 1.02. The van der Waals surface area contributed by atoms with Crippen molar-refractivity contribution in [2.24, 2.45) is 0 Å². The zero-order valence-corrected chi connectivity index (χ0v) is 11.5. The van der Waals surface area contributed by atoms with Gasteiger partial charge in [-0.05, 0) is 50.8 Å². The lowest BCUT2D eigenvalue weighted by Crippen LogP contribution is -2.23. The summed E-state index contributed by atoms with van der Waals surface area (Å²) in [5.41, 5.74) is 0.470. The third kappa shape index (κ3) is 5.30. The Morgan fingerprint density at radius 1 is 1.39 bits per heavy atom. The Hall–Kier alpha value is -1.38. The molecule has 1 aromatic rings. The van der Waals surface area contributed by atoms with E-state index in [2.05, 4.69) is 0 Å². The van der Waals surface area contributed by atoms with Crippen molar-refractivity contribution < 1.29 is 13.9 Å². The molecule has 0 fully saturated rings. The molecule has 1 aromatic carbocycles. The highest BCUT2D eigenvalue weighted by Gasteiger charge is 2.17. The number of hydrogen-bond donors (Lipinski definition) is 0. The topological polar surface area (TPSA) is 26.3 Å². The molecule has 0 bridgehead atoms. The van der Waals surface area contributed by atoms with Gasteiger partial charge >= 0.3 is 5.97 Å². The Kier molecular flexibility index (Phi) is 4.88. The van der Waals surface area contributed by atoms with Gasteiger partial charge in [-0.1, -0.05) is 19.1 Å². The highest BCUT2D eigenvalue weighted by Crippen LogP contribution is 2.22. The molecule has 0 radical (unpaired) electrons. The maximum atomic E-state index is 13.1. The SMILES string of the molecule is CC(CCC(=O)OC(C)(C)C)c1cccc(F)c1. The first-order valence-corrected chi connectivity index (χ1v) is 6.25. The van der Waals surface area contributed by atoms with Crippen molar-refractivity contribution in [2.45, 2.75) is 52.1 Å². The van der Waals surface area contributed by atoms with E-state index in [4.69, 9.17) is 4.74 Å². The van der Waals surface area contributed by atoms with E-state index in [-0.39, 0.29) is 17.7 Å². The number of esters is 1. The minimum atomic E-state index is -0.445. The van der Waals surface area contributed by atoms with Crippen LogP contribution in [0, 0.1) is 5.82 Å². The maximum absolute atomic E-state index is 13.1. The molecule has 1 unspecified atom stereocenters. The van der Waals surface area contributed by atoms with Crippen LogP contribution in [-0.2, 0) is 9.53 Å². The van der Waals surface area contributed by atoms with Crippen LogP contribution in [0.2, 0.25) is 0 Å². The number of halogens is 1. The quantitative estimate of drug-likeness (QED) is 0.756. The van der Waals surface area contributed by atoms with Gasteiger partial charge in [0, 0.05) is 6.42 Å². The summed E-state index contributed by atoms with van der Waals surface area (Å²) in [6.45, 7) is 7.53. The Balaban J connectivity index is 2.46. The zero-order valence-electron chi connectivity index (χ0n) is 11.5. The average molecular weight is 252 g/mol. The number of carbonyl (C=O) groups excluding carboxylic acids is 1. The van der Waals surface area contributed by atoms with Crippen LogP contribution in [0.1, 0.15) is 52.0 Å². The Labute approximate surface area is 108 Å². The Bertz CT molecular complexity index is 407. The van der Waals surface area contributed by atoms with Crippen molar-refractivity contribution in [3.05, 3.63) is 35.6 Å². The lowest BCUT2D eigenvalue weighted by molar-refractivity contribution is -0.155. The summed E-state index contributed by atoms with van der Waals surface area (Å²) in [5, 5.41) is 0. The normalized spacial score (nSPS) is 13.2. The summed E-state index contributed by atoms with van der Waals surface area (Å²) in [7, 11) is 0. The molecule has 1 rings (SSSR count). The van der Waals surface area contributed by atoms with Crippen molar-refractivity contribution in [3.8, 4) is 0 Å². The van der Waals surface area contributed by atoms with Gasteiger partial charge in [0.15, 0.2) is 0 Å². The number of hydrogen-bond acceptors (Lipinski definition) is 2. The molecular weight excluding hydrogens is 231 g/mol. The third-order valence-electron chi connectivity index (χ3n) is 2.62. The van der Waals surface area contributed by atoms with Crippen LogP contribution >= 0.6 is 0 Å². The second-order valence-corrected chi connectivity index (χ2v) is 5.58. The molecule has 0 amide bonds. The van der Waals surface area contributed by atoms with Gasteiger partial charge in [-0.2, -0.15) is 0 Å². The van der Waals surface area contributed by atoms with Crippen molar-refractivity contribution in [3.63, 3.8) is 0 Å². The Morgan fingerprint density at radius 3 is 2.61 bits per heavy atom. The van der Waals surface area contributed by atoms with Gasteiger partial charge < -0.3 is 4.74 Å². The van der Waals surface area contributed by atoms with Gasteiger partial charge in [0.05, 0.1) is 0 Å². The second-order valence-electron chi connectivity index (χ2n) is 5.58. The largest absolute Gasteiger partial charge is 0.460 e. The molecular formula is C15H21FO2. The molecule has 0 N–H and O–H groups in total. The minimum absolute atomic E-state index is 0.146. The van der Waals surface area contributed by atoms with Crippen LogP contribution in [-0.4, -0.2) is 11.6 Å². The van der Waals surface area contributed by atoms with E-state index in [1.165, 1.54) is 12.1 Å². The van der Waals surface area contributed by atoms with Gasteiger partial charge in [-0.25, -0.2) is 4.39 Å². The zero-order chi connectivity index (χ0) is 13.8. The van der Waals surface area contributed by atoms with Crippen LogP contribution in [0.4, 0.5) is 4.39 Å². The van der Waals surface area contributed by atoms with E-state index in [1.54, 1.807) is 6.07 Å². The first-order valence-electron chi connectivity index (χ1n) is 6.25. The highest BCUT2D eigenvalue weighted by atomic mass is 19.1. The van der Waals surface area contributed by atoms with E-state index in [0.717, 1.165) is 5.56 Å². The van der Waals surface area contributed by atoms with Gasteiger partial charge in [0.25, 0.3) is 0 Å². The number of ether oxygens (including phenoxy) is 1. The fourth-order valence-corrected chi connectivity index (χ4v) is 1.71. The van der Waals surface area contributed by atoms with Crippen molar-refractivity contribution in [2.75, 3.05) is 0 Å². The van der Waals surface area contributed by atoms with Crippen molar-refractivity contribution in [1.29, 1.82) is 0 Å². The summed E-state index contributed by atoms with van der Waals surface area (Å²) < 4.78 is 18.3. The van der Waals surface area contributed by atoms with Crippen LogP contribution in [0.3, 0.4) is 0 Å². The third-order valence-corrected chi connectivity index (χ3v) is 2.62. The van der Waals surface area contributed by atoms with Gasteiger partial charge in [0.2, 0.25) is 0 Å². The highest BCUT2D eigenvalue weighted by molar-refractivity contribution is 5.69. The molecule has 0 aliphatic rings. The Morgan fingerprint density at radius 2 is 2.06 bits per heavy atom. The van der Waals surface area contributed by atoms with E-state index >= 15 is 0 Å². The lowest BCUT2D eigenvalue weighted by Gasteiger charge is -2.20. The summed E-state index contributed by atoms with van der Waals surface area (Å²) in [5.74, 6) is -0.296. The molecule has 2 nitrogen and oxygen atoms in total. The van der Waals surface area contributed by atoms with Crippen LogP contribution in [0.15, 0.2) is 24.3 Å². The van der Waals surface area contributed by atoms with E-state index < -0.39 is 5.60 Å². The first-order chi connectivity index (χ1) is 8.28. The van der Waals surface area contributed by atoms with Crippen LogP contribution < -0.4 is 0 Å². The van der Waals surface area contributed by atoms with Crippen molar-refractivity contribution in [1.82, 2.24) is 0 Å². The van der Waals surface area contributed by atoms with E-state index in [0.29, 0.717) is 12.8 Å². The molecule has 0 spiro atoms. The standard InChI is InChI=1S/C15H21FO2/c1-11(12-6-5-7-13(16)10-12)8-9-14(17)18-15(2,3)4/h5-7,10-11H,8-9H2,1-4H3. The number of carbonyl (C=O) groups is 1. The van der Waals surface area contributed by atoms with Crippen molar-refractivity contribution >= 4 is 5.97 Å². The van der Waals surface area contributed by atoms with Crippen LogP contribution in [0.5, 0.6) is 0 Å². The van der Waals surface area contributed by atoms with Gasteiger partial charge in [-0.15, -0.1) is 0 Å². The fraction of sp³-hybridized carbons (Fsp3) is 0.533. The lowest BCUT2D eigenvalue weighted by atomic mass is 9.96. The molecule has 0 saturated carbocycles. The van der Waals surface area contributed by atoms with E-state index in [1.807, 2.05) is 33.8 Å². The van der Waals surface area contributed by atoms with E-state index in [9.17, 15) is 9.18 Å². The van der Waals surface area contributed by atoms with Gasteiger partial charge in [0.1, 0.15) is 11.4 Å². The monoisotopic (exact) mass is 252 g/mol. The molecule has 18 heavy (non-hydrogen) atoms. The smallest absolute Gasteiger partial charge is 0.306 e. The maximum Gasteiger partial charge on any atom is 0.306 e. The number of benzene rings is 1. The molecule has 0 aliphatic carbocycles. The predicted molar refractivity (Wildman–Crippen MR) is 69.9 cm³/mol. The average Bonchev–Trinajstić information content (AvgIpc) is 2.23. The fourth-order valence-electron chi connectivity index (χ4n) is 1.71. The summed E-state index contributed by atoms with van der Waals surface area (Å²) in [6, 6.07) is 6.50. The number of rotatable bonds is 4. The summed E-state index contributed by atoms with van der Waals surface area (Å²) >= 11 is 0. The minimum Gasteiger partial charge on any atom is -0.460 e. The molecule has 100 valence electrons. The van der Waals surface area contributed by atoms with Crippen LogP contribution in [0.25, 0.3) is 0 Å².